The lowest BCUT2D eigenvalue weighted by molar-refractivity contribution is -0.146. The summed E-state index contributed by atoms with van der Waals surface area (Å²) in [7, 11) is -0.856. The van der Waals surface area contributed by atoms with E-state index in [1.807, 2.05) is 20.8 Å². The highest BCUT2D eigenvalue weighted by Crippen LogP contribution is 2.11. The van der Waals surface area contributed by atoms with Crippen LogP contribution in [0.2, 0.25) is 18.6 Å². The zero-order chi connectivity index (χ0) is 9.02. The van der Waals surface area contributed by atoms with Crippen LogP contribution < -0.4 is 0 Å². The van der Waals surface area contributed by atoms with Crippen LogP contribution in [0.3, 0.4) is 0 Å². The van der Waals surface area contributed by atoms with Crippen LogP contribution in [-0.4, -0.2) is 20.9 Å². The Morgan fingerprint density at radius 3 is 2.00 bits per heavy atom. The monoisotopic (exact) mass is 174 g/mol. The van der Waals surface area contributed by atoms with Gasteiger partial charge < -0.3 is 4.74 Å². The largest absolute Gasteiger partial charge is 0.463 e. The zero-order valence-corrected chi connectivity index (χ0v) is 9.20. The van der Waals surface area contributed by atoms with Gasteiger partial charge in [0.1, 0.15) is 0 Å². The second kappa shape index (κ2) is 4.54. The molecule has 2 nitrogen and oxygen atoms in total. The maximum atomic E-state index is 11.2. The minimum Gasteiger partial charge on any atom is -0.463 e. The van der Waals surface area contributed by atoms with Crippen molar-refractivity contribution < 1.29 is 9.53 Å². The summed E-state index contributed by atoms with van der Waals surface area (Å²) in [5.74, 6) is -0.0262. The Balaban J connectivity index is 3.83. The van der Waals surface area contributed by atoms with E-state index in [0.29, 0.717) is 0 Å². The molecule has 0 aliphatic rings. The van der Waals surface area contributed by atoms with Crippen LogP contribution in [0.15, 0.2) is 0 Å². The molecular formula is C8H18O2Si. The van der Waals surface area contributed by atoms with E-state index in [1.54, 1.807) is 0 Å². The summed E-state index contributed by atoms with van der Waals surface area (Å²) < 4.78 is 5.07. The van der Waals surface area contributed by atoms with Gasteiger partial charge >= 0.3 is 5.97 Å². The molecule has 0 bridgehead atoms. The average Bonchev–Trinajstić information content (AvgIpc) is 1.84. The minimum atomic E-state index is -0.856. The molecule has 11 heavy (non-hydrogen) atoms. The van der Waals surface area contributed by atoms with Gasteiger partial charge in [0.05, 0.1) is 6.10 Å². The van der Waals surface area contributed by atoms with Crippen LogP contribution in [0.5, 0.6) is 0 Å². The Kier molecular flexibility index (Phi) is 4.41. The van der Waals surface area contributed by atoms with Gasteiger partial charge in [-0.25, -0.2) is 0 Å². The quantitative estimate of drug-likeness (QED) is 0.482. The predicted molar refractivity (Wildman–Crippen MR) is 49.5 cm³/mol. The Morgan fingerprint density at radius 2 is 1.73 bits per heavy atom. The Hall–Kier alpha value is -0.313. The molecule has 0 fully saturated rings. The third-order valence-electron chi connectivity index (χ3n) is 1.72. The molecule has 0 radical (unpaired) electrons. The summed E-state index contributed by atoms with van der Waals surface area (Å²) >= 11 is 0. The number of rotatable bonds is 3. The van der Waals surface area contributed by atoms with Gasteiger partial charge in [0, 0.05) is 14.3 Å². The van der Waals surface area contributed by atoms with Crippen LogP contribution in [-0.2, 0) is 9.53 Å². The average molecular weight is 174 g/mol. The molecule has 0 saturated heterocycles. The molecule has 0 aliphatic carbocycles. The van der Waals surface area contributed by atoms with E-state index in [4.69, 9.17) is 4.74 Å². The van der Waals surface area contributed by atoms with E-state index in [-0.39, 0.29) is 17.6 Å². The van der Waals surface area contributed by atoms with Gasteiger partial charge in [-0.1, -0.05) is 20.0 Å². The SMILES string of the molecule is CC(C)OC(=O)C(C)[SiH](C)C. The topological polar surface area (TPSA) is 26.3 Å². The van der Waals surface area contributed by atoms with Crippen molar-refractivity contribution in [1.82, 2.24) is 0 Å². The molecule has 66 valence electrons. The molecule has 0 N–H and O–H groups in total. The summed E-state index contributed by atoms with van der Waals surface area (Å²) in [5, 5.41) is 0. The normalized spacial score (nSPS) is 13.7. The first-order valence-electron chi connectivity index (χ1n) is 4.15. The lowest BCUT2D eigenvalue weighted by Gasteiger charge is -2.15. The fraction of sp³-hybridized carbons (Fsp3) is 0.875. The Labute approximate surface area is 70.5 Å². The maximum absolute atomic E-state index is 11.2. The van der Waals surface area contributed by atoms with Gasteiger partial charge in [-0.15, -0.1) is 0 Å². The van der Waals surface area contributed by atoms with Crippen molar-refractivity contribution in [2.75, 3.05) is 0 Å². The molecule has 0 heterocycles. The molecule has 0 aliphatic heterocycles. The fourth-order valence-corrected chi connectivity index (χ4v) is 1.23. The molecular weight excluding hydrogens is 156 g/mol. The molecule has 0 aromatic carbocycles. The first-order valence-corrected chi connectivity index (χ1v) is 7.13. The lowest BCUT2D eigenvalue weighted by Crippen LogP contribution is -2.23. The van der Waals surface area contributed by atoms with E-state index in [2.05, 4.69) is 13.1 Å². The highest BCUT2D eigenvalue weighted by molar-refractivity contribution is 6.61. The van der Waals surface area contributed by atoms with E-state index in [9.17, 15) is 4.79 Å². The number of carbonyl (C=O) groups excluding carboxylic acids is 1. The molecule has 3 heteroatoms. The van der Waals surface area contributed by atoms with Gasteiger partial charge in [-0.2, -0.15) is 0 Å². The van der Waals surface area contributed by atoms with Gasteiger partial charge in [-0.05, 0) is 13.8 Å². The Morgan fingerprint density at radius 1 is 1.27 bits per heavy atom. The van der Waals surface area contributed by atoms with Crippen LogP contribution in [0, 0.1) is 0 Å². The molecule has 0 amide bonds. The summed E-state index contributed by atoms with van der Waals surface area (Å²) in [5.41, 5.74) is 0.150. The van der Waals surface area contributed by atoms with Crippen LogP contribution >= 0.6 is 0 Å². The molecule has 0 aromatic rings. The van der Waals surface area contributed by atoms with Crippen molar-refractivity contribution in [2.24, 2.45) is 0 Å². The molecule has 1 unspecified atom stereocenters. The van der Waals surface area contributed by atoms with Crippen LogP contribution in [0.1, 0.15) is 20.8 Å². The second-order valence-electron chi connectivity index (χ2n) is 3.52. The summed E-state index contributed by atoms with van der Waals surface area (Å²) in [6.07, 6.45) is 0.0256. The van der Waals surface area contributed by atoms with Gasteiger partial charge in [0.2, 0.25) is 0 Å². The van der Waals surface area contributed by atoms with Crippen molar-refractivity contribution in [3.05, 3.63) is 0 Å². The van der Waals surface area contributed by atoms with Gasteiger partial charge in [0.15, 0.2) is 0 Å². The van der Waals surface area contributed by atoms with Crippen molar-refractivity contribution in [3.63, 3.8) is 0 Å². The standard InChI is InChI=1S/C8H18O2Si/c1-6(2)10-8(9)7(3)11(4)5/h6-7,11H,1-5H3. The smallest absolute Gasteiger partial charge is 0.305 e. The van der Waals surface area contributed by atoms with Gasteiger partial charge in [0.25, 0.3) is 0 Å². The minimum absolute atomic E-state index is 0.0256. The van der Waals surface area contributed by atoms with E-state index < -0.39 is 8.80 Å². The van der Waals surface area contributed by atoms with Crippen LogP contribution in [0.4, 0.5) is 0 Å². The summed E-state index contributed by atoms with van der Waals surface area (Å²) in [4.78, 5) is 11.2. The Bertz CT molecular complexity index is 132. The zero-order valence-electron chi connectivity index (χ0n) is 8.05. The summed E-state index contributed by atoms with van der Waals surface area (Å²) in [6, 6.07) is 0. The van der Waals surface area contributed by atoms with E-state index >= 15 is 0 Å². The van der Waals surface area contributed by atoms with E-state index in [1.165, 1.54) is 0 Å². The van der Waals surface area contributed by atoms with Crippen molar-refractivity contribution >= 4 is 14.8 Å². The van der Waals surface area contributed by atoms with Crippen molar-refractivity contribution in [2.45, 2.75) is 45.5 Å². The fourth-order valence-electron chi connectivity index (χ4n) is 0.612. The molecule has 1 atom stereocenters. The second-order valence-corrected chi connectivity index (χ2v) is 7.01. The summed E-state index contributed by atoms with van der Waals surface area (Å²) in [6.45, 7) is 10.0. The number of carbonyl (C=O) groups is 1. The number of hydrogen-bond acceptors (Lipinski definition) is 2. The van der Waals surface area contributed by atoms with Crippen molar-refractivity contribution in [3.8, 4) is 0 Å². The number of esters is 1. The van der Waals surface area contributed by atoms with Gasteiger partial charge in [-0.3, -0.25) is 4.79 Å². The third-order valence-corrected chi connectivity index (χ3v) is 4.00. The number of ether oxygens (including phenoxy) is 1. The lowest BCUT2D eigenvalue weighted by atomic mass is 10.4. The van der Waals surface area contributed by atoms with E-state index in [0.717, 1.165) is 0 Å². The predicted octanol–water partition coefficient (Wildman–Crippen LogP) is 1.81. The maximum Gasteiger partial charge on any atom is 0.305 e. The third kappa shape index (κ3) is 4.19. The van der Waals surface area contributed by atoms with Crippen molar-refractivity contribution in [1.29, 1.82) is 0 Å². The molecule has 0 aromatic heterocycles. The van der Waals surface area contributed by atoms with Crippen LogP contribution in [0.25, 0.3) is 0 Å². The first kappa shape index (κ1) is 10.7. The molecule has 0 rings (SSSR count). The molecule has 0 saturated carbocycles. The molecule has 0 spiro atoms. The highest BCUT2D eigenvalue weighted by atomic mass is 28.3. The highest BCUT2D eigenvalue weighted by Gasteiger charge is 2.19. The number of hydrogen-bond donors (Lipinski definition) is 0. The first-order chi connectivity index (χ1) is 4.95.